The predicted molar refractivity (Wildman–Crippen MR) is 41.9 cm³/mol. The van der Waals surface area contributed by atoms with Crippen molar-refractivity contribution in [2.75, 3.05) is 6.79 Å². The summed E-state index contributed by atoms with van der Waals surface area (Å²) in [4.78, 5) is 0. The first-order chi connectivity index (χ1) is 5.21. The third-order valence-corrected chi connectivity index (χ3v) is 2.25. The quantitative estimate of drug-likeness (QED) is 0.528. The van der Waals surface area contributed by atoms with E-state index in [4.69, 9.17) is 9.47 Å². The lowest BCUT2D eigenvalue weighted by atomic mass is 9.91. The second kappa shape index (κ2) is 2.11. The van der Waals surface area contributed by atoms with Gasteiger partial charge in [-0.05, 0) is 19.9 Å². The standard InChI is InChI=1S/C9H12O2/c1-7-3-4-8-9(2,5-7)11-6-10-8/h3-4H,5-6H2,1-2H3. The van der Waals surface area contributed by atoms with E-state index in [-0.39, 0.29) is 5.60 Å². The van der Waals surface area contributed by atoms with Gasteiger partial charge in [-0.2, -0.15) is 0 Å². The van der Waals surface area contributed by atoms with Crippen LogP contribution in [-0.4, -0.2) is 12.4 Å². The molecule has 1 aliphatic carbocycles. The summed E-state index contributed by atoms with van der Waals surface area (Å²) in [5, 5.41) is 0. The summed E-state index contributed by atoms with van der Waals surface area (Å²) in [6, 6.07) is 0. The van der Waals surface area contributed by atoms with Crippen molar-refractivity contribution in [2.45, 2.75) is 25.9 Å². The first kappa shape index (κ1) is 6.92. The van der Waals surface area contributed by atoms with Crippen molar-refractivity contribution in [3.8, 4) is 0 Å². The smallest absolute Gasteiger partial charge is 0.189 e. The fraction of sp³-hybridized carbons (Fsp3) is 0.556. The average Bonchev–Trinajstić information content (AvgIpc) is 2.28. The molecule has 1 unspecified atom stereocenters. The zero-order valence-corrected chi connectivity index (χ0v) is 6.89. The minimum absolute atomic E-state index is 0.168. The molecule has 0 amide bonds. The van der Waals surface area contributed by atoms with Crippen LogP contribution in [0.15, 0.2) is 23.5 Å². The van der Waals surface area contributed by atoms with Crippen LogP contribution in [0.4, 0.5) is 0 Å². The Morgan fingerprint density at radius 2 is 2.27 bits per heavy atom. The third kappa shape index (κ3) is 0.979. The Morgan fingerprint density at radius 1 is 1.45 bits per heavy atom. The number of ether oxygens (including phenoxy) is 2. The highest BCUT2D eigenvalue weighted by atomic mass is 16.7. The van der Waals surface area contributed by atoms with Gasteiger partial charge in [0, 0.05) is 6.42 Å². The summed E-state index contributed by atoms with van der Waals surface area (Å²) in [5.41, 5.74) is 1.18. The Balaban J connectivity index is 2.34. The summed E-state index contributed by atoms with van der Waals surface area (Å²) >= 11 is 0. The van der Waals surface area contributed by atoms with Crippen LogP contribution < -0.4 is 0 Å². The third-order valence-electron chi connectivity index (χ3n) is 2.25. The molecule has 0 saturated carbocycles. The molecule has 1 heterocycles. The Hall–Kier alpha value is -0.760. The molecule has 0 N–H and O–H groups in total. The Bertz CT molecular complexity index is 240. The molecule has 2 nitrogen and oxygen atoms in total. The van der Waals surface area contributed by atoms with Gasteiger partial charge in [0.2, 0.25) is 0 Å². The predicted octanol–water partition coefficient (Wildman–Crippen LogP) is 1.98. The van der Waals surface area contributed by atoms with Crippen LogP contribution in [0, 0.1) is 0 Å². The fourth-order valence-corrected chi connectivity index (χ4v) is 1.62. The molecule has 2 heteroatoms. The number of rotatable bonds is 0. The Labute approximate surface area is 66.5 Å². The van der Waals surface area contributed by atoms with E-state index in [9.17, 15) is 0 Å². The maximum atomic E-state index is 5.48. The van der Waals surface area contributed by atoms with E-state index >= 15 is 0 Å². The van der Waals surface area contributed by atoms with Gasteiger partial charge in [0.15, 0.2) is 6.79 Å². The van der Waals surface area contributed by atoms with E-state index in [1.807, 2.05) is 6.08 Å². The monoisotopic (exact) mass is 152 g/mol. The summed E-state index contributed by atoms with van der Waals surface area (Å²) in [7, 11) is 0. The van der Waals surface area contributed by atoms with Crippen molar-refractivity contribution in [2.24, 2.45) is 0 Å². The molecule has 0 aromatic heterocycles. The average molecular weight is 152 g/mol. The van der Waals surface area contributed by atoms with E-state index in [1.165, 1.54) is 5.57 Å². The normalized spacial score (nSPS) is 35.5. The van der Waals surface area contributed by atoms with Crippen molar-refractivity contribution < 1.29 is 9.47 Å². The molecule has 0 aromatic rings. The first-order valence-corrected chi connectivity index (χ1v) is 3.85. The zero-order valence-electron chi connectivity index (χ0n) is 6.89. The van der Waals surface area contributed by atoms with E-state index in [1.54, 1.807) is 0 Å². The molecular formula is C9H12O2. The van der Waals surface area contributed by atoms with Gasteiger partial charge in [-0.15, -0.1) is 0 Å². The van der Waals surface area contributed by atoms with Crippen molar-refractivity contribution in [3.05, 3.63) is 23.5 Å². The van der Waals surface area contributed by atoms with Gasteiger partial charge in [0.25, 0.3) is 0 Å². The van der Waals surface area contributed by atoms with Crippen molar-refractivity contribution in [1.29, 1.82) is 0 Å². The molecular weight excluding hydrogens is 140 g/mol. The van der Waals surface area contributed by atoms with Crippen LogP contribution >= 0.6 is 0 Å². The van der Waals surface area contributed by atoms with Gasteiger partial charge in [-0.1, -0.05) is 11.6 Å². The highest BCUT2D eigenvalue weighted by Crippen LogP contribution is 2.37. The molecule has 0 radical (unpaired) electrons. The van der Waals surface area contributed by atoms with Crippen LogP contribution in [0.2, 0.25) is 0 Å². The minimum atomic E-state index is -0.168. The molecule has 11 heavy (non-hydrogen) atoms. The molecule has 1 aliphatic heterocycles. The van der Waals surface area contributed by atoms with E-state index in [2.05, 4.69) is 19.9 Å². The van der Waals surface area contributed by atoms with Crippen LogP contribution in [0.25, 0.3) is 0 Å². The van der Waals surface area contributed by atoms with Crippen LogP contribution in [0.5, 0.6) is 0 Å². The molecule has 1 fully saturated rings. The summed E-state index contributed by atoms with van der Waals surface area (Å²) < 4.78 is 10.8. The topological polar surface area (TPSA) is 18.5 Å². The number of fused-ring (bicyclic) bond motifs is 1. The Morgan fingerprint density at radius 3 is 3.09 bits per heavy atom. The minimum Gasteiger partial charge on any atom is -0.469 e. The van der Waals surface area contributed by atoms with Crippen LogP contribution in [-0.2, 0) is 9.47 Å². The van der Waals surface area contributed by atoms with E-state index < -0.39 is 0 Å². The molecule has 0 spiro atoms. The van der Waals surface area contributed by atoms with Gasteiger partial charge in [0.05, 0.1) is 0 Å². The molecule has 1 saturated heterocycles. The highest BCUT2D eigenvalue weighted by Gasteiger charge is 2.38. The van der Waals surface area contributed by atoms with Crippen LogP contribution in [0.1, 0.15) is 20.3 Å². The fourth-order valence-electron chi connectivity index (χ4n) is 1.62. The lowest BCUT2D eigenvalue weighted by Gasteiger charge is -2.24. The summed E-state index contributed by atoms with van der Waals surface area (Å²) in [6.07, 6.45) is 5.05. The second-order valence-electron chi connectivity index (χ2n) is 3.36. The summed E-state index contributed by atoms with van der Waals surface area (Å²) in [6.45, 7) is 4.59. The lowest BCUT2D eigenvalue weighted by molar-refractivity contribution is 0.00271. The zero-order chi connectivity index (χ0) is 7.90. The molecule has 0 aromatic carbocycles. The van der Waals surface area contributed by atoms with Gasteiger partial charge < -0.3 is 9.47 Å². The van der Waals surface area contributed by atoms with Crippen LogP contribution in [0.3, 0.4) is 0 Å². The SMILES string of the molecule is CC1=CC=C2OCOC2(C)C1. The largest absolute Gasteiger partial charge is 0.469 e. The maximum absolute atomic E-state index is 5.48. The van der Waals surface area contributed by atoms with Gasteiger partial charge in [-0.25, -0.2) is 0 Å². The second-order valence-corrected chi connectivity index (χ2v) is 3.36. The first-order valence-electron chi connectivity index (χ1n) is 3.85. The highest BCUT2D eigenvalue weighted by molar-refractivity contribution is 5.29. The maximum Gasteiger partial charge on any atom is 0.189 e. The molecule has 1 atom stereocenters. The molecule has 2 rings (SSSR count). The molecule has 0 bridgehead atoms. The van der Waals surface area contributed by atoms with Crippen molar-refractivity contribution >= 4 is 0 Å². The summed E-state index contributed by atoms with van der Waals surface area (Å²) in [5.74, 6) is 0.975. The molecule has 60 valence electrons. The van der Waals surface area contributed by atoms with Crippen molar-refractivity contribution in [1.82, 2.24) is 0 Å². The van der Waals surface area contributed by atoms with E-state index in [0.717, 1.165) is 12.2 Å². The molecule has 2 aliphatic rings. The van der Waals surface area contributed by atoms with Gasteiger partial charge in [-0.3, -0.25) is 0 Å². The van der Waals surface area contributed by atoms with Gasteiger partial charge >= 0.3 is 0 Å². The lowest BCUT2D eigenvalue weighted by Crippen LogP contribution is -2.27. The number of allylic oxidation sites excluding steroid dienone is 2. The Kier molecular flexibility index (Phi) is 1.33. The van der Waals surface area contributed by atoms with E-state index in [0.29, 0.717) is 6.79 Å². The number of hydrogen-bond donors (Lipinski definition) is 0. The van der Waals surface area contributed by atoms with Crippen molar-refractivity contribution in [3.63, 3.8) is 0 Å². The van der Waals surface area contributed by atoms with Gasteiger partial charge in [0.1, 0.15) is 11.4 Å². The number of hydrogen-bond acceptors (Lipinski definition) is 2.